The van der Waals surface area contributed by atoms with Crippen LogP contribution in [0.15, 0.2) is 12.1 Å². The van der Waals surface area contributed by atoms with E-state index in [2.05, 4.69) is 5.32 Å². The summed E-state index contributed by atoms with van der Waals surface area (Å²) >= 11 is 0. The molecule has 0 spiro atoms. The SMILES string of the molecule is Cc1cc(C)c(NC(=O)N(C)CC(=O)OC(C)(C)C)cc1C. The van der Waals surface area contributed by atoms with Crippen molar-refractivity contribution in [3.05, 3.63) is 28.8 Å². The highest BCUT2D eigenvalue weighted by atomic mass is 16.6. The topological polar surface area (TPSA) is 58.6 Å². The zero-order valence-electron chi connectivity index (χ0n) is 14.5. The average Bonchev–Trinajstić information content (AvgIpc) is 2.33. The second-order valence-corrected chi connectivity index (χ2v) is 6.62. The monoisotopic (exact) mass is 306 g/mol. The van der Waals surface area contributed by atoms with E-state index in [0.29, 0.717) is 0 Å². The van der Waals surface area contributed by atoms with Gasteiger partial charge in [-0.2, -0.15) is 0 Å². The lowest BCUT2D eigenvalue weighted by Crippen LogP contribution is -2.38. The third kappa shape index (κ3) is 5.39. The lowest BCUT2D eigenvalue weighted by atomic mass is 10.1. The molecule has 1 aromatic rings. The van der Waals surface area contributed by atoms with Crippen LogP contribution in [0, 0.1) is 20.8 Å². The first-order valence-electron chi connectivity index (χ1n) is 7.31. The molecule has 0 atom stereocenters. The maximum Gasteiger partial charge on any atom is 0.326 e. The van der Waals surface area contributed by atoms with Gasteiger partial charge in [-0.15, -0.1) is 0 Å². The van der Waals surface area contributed by atoms with Crippen LogP contribution in [0.3, 0.4) is 0 Å². The predicted molar refractivity (Wildman–Crippen MR) is 88.1 cm³/mol. The van der Waals surface area contributed by atoms with E-state index in [1.807, 2.05) is 32.9 Å². The van der Waals surface area contributed by atoms with E-state index in [9.17, 15) is 9.59 Å². The van der Waals surface area contributed by atoms with E-state index in [-0.39, 0.29) is 12.6 Å². The van der Waals surface area contributed by atoms with Crippen LogP contribution < -0.4 is 5.32 Å². The normalized spacial score (nSPS) is 11.0. The van der Waals surface area contributed by atoms with Gasteiger partial charge in [-0.05, 0) is 64.3 Å². The number of esters is 1. The number of ether oxygens (including phenoxy) is 1. The minimum atomic E-state index is -0.556. The number of carbonyl (C=O) groups excluding carboxylic acids is 2. The van der Waals surface area contributed by atoms with Gasteiger partial charge in [-0.1, -0.05) is 6.07 Å². The summed E-state index contributed by atoms with van der Waals surface area (Å²) in [6.07, 6.45) is 0. The number of aryl methyl sites for hydroxylation is 3. The summed E-state index contributed by atoms with van der Waals surface area (Å²) in [4.78, 5) is 25.2. The first kappa shape index (κ1) is 18.0. The molecule has 22 heavy (non-hydrogen) atoms. The quantitative estimate of drug-likeness (QED) is 0.871. The number of anilines is 1. The lowest BCUT2D eigenvalue weighted by Gasteiger charge is -2.23. The maximum atomic E-state index is 12.2. The molecule has 0 radical (unpaired) electrons. The first-order valence-corrected chi connectivity index (χ1v) is 7.31. The predicted octanol–water partition coefficient (Wildman–Crippen LogP) is 3.42. The number of rotatable bonds is 3. The van der Waals surface area contributed by atoms with Crippen molar-refractivity contribution in [2.45, 2.75) is 47.1 Å². The number of nitrogens with one attached hydrogen (secondary N) is 1. The molecule has 0 saturated heterocycles. The van der Waals surface area contributed by atoms with Crippen LogP contribution >= 0.6 is 0 Å². The number of urea groups is 1. The smallest absolute Gasteiger partial charge is 0.326 e. The Kier molecular flexibility index (Phi) is 5.58. The molecule has 0 fully saturated rings. The van der Waals surface area contributed by atoms with E-state index >= 15 is 0 Å². The number of likely N-dealkylation sites (N-methyl/N-ethyl adjacent to an activating group) is 1. The molecule has 5 nitrogen and oxygen atoms in total. The van der Waals surface area contributed by atoms with Gasteiger partial charge in [0.05, 0.1) is 0 Å². The van der Waals surface area contributed by atoms with Gasteiger partial charge in [0, 0.05) is 12.7 Å². The average molecular weight is 306 g/mol. The van der Waals surface area contributed by atoms with Crippen molar-refractivity contribution in [2.24, 2.45) is 0 Å². The molecule has 2 amide bonds. The zero-order valence-corrected chi connectivity index (χ0v) is 14.5. The van der Waals surface area contributed by atoms with E-state index < -0.39 is 11.6 Å². The van der Waals surface area contributed by atoms with Gasteiger partial charge in [0.25, 0.3) is 0 Å². The molecule has 5 heteroatoms. The Bertz CT molecular complexity index is 574. The standard InChI is InChI=1S/C17H26N2O3/c1-11-8-13(3)14(9-12(11)2)18-16(21)19(7)10-15(20)22-17(4,5)6/h8-9H,10H2,1-7H3,(H,18,21). The van der Waals surface area contributed by atoms with Gasteiger partial charge >= 0.3 is 12.0 Å². The second-order valence-electron chi connectivity index (χ2n) is 6.62. The van der Waals surface area contributed by atoms with E-state index in [1.165, 1.54) is 10.5 Å². The molecule has 0 aromatic heterocycles. The molecule has 0 saturated carbocycles. The van der Waals surface area contributed by atoms with Crippen molar-refractivity contribution in [3.63, 3.8) is 0 Å². The molecule has 0 unspecified atom stereocenters. The number of benzene rings is 1. The van der Waals surface area contributed by atoms with Crippen LogP contribution in [0.2, 0.25) is 0 Å². The van der Waals surface area contributed by atoms with Crippen molar-refractivity contribution in [1.29, 1.82) is 0 Å². The first-order chi connectivity index (χ1) is 9.99. The van der Waals surface area contributed by atoms with Crippen LogP contribution in [0.25, 0.3) is 0 Å². The van der Waals surface area contributed by atoms with Crippen LogP contribution in [0.5, 0.6) is 0 Å². The molecule has 0 aliphatic heterocycles. The van der Waals surface area contributed by atoms with Gasteiger partial charge in [-0.3, -0.25) is 4.79 Å². The zero-order chi connectivity index (χ0) is 17.1. The highest BCUT2D eigenvalue weighted by Gasteiger charge is 2.20. The highest BCUT2D eigenvalue weighted by molar-refractivity contribution is 5.92. The Morgan fingerprint density at radius 3 is 2.18 bits per heavy atom. The molecular weight excluding hydrogens is 280 g/mol. The second kappa shape index (κ2) is 6.81. The van der Waals surface area contributed by atoms with Crippen LogP contribution in [0.4, 0.5) is 10.5 Å². The van der Waals surface area contributed by atoms with Crippen molar-refractivity contribution >= 4 is 17.7 Å². The Balaban J connectivity index is 2.69. The number of hydrogen-bond donors (Lipinski definition) is 1. The molecule has 0 aliphatic rings. The molecule has 122 valence electrons. The third-order valence-electron chi connectivity index (χ3n) is 3.22. The molecule has 0 aliphatic carbocycles. The van der Waals surface area contributed by atoms with Crippen LogP contribution in [-0.4, -0.2) is 36.1 Å². The maximum absolute atomic E-state index is 12.2. The van der Waals surface area contributed by atoms with E-state index in [1.54, 1.807) is 27.8 Å². The summed E-state index contributed by atoms with van der Waals surface area (Å²) < 4.78 is 5.21. The summed E-state index contributed by atoms with van der Waals surface area (Å²) in [6, 6.07) is 3.63. The fraction of sp³-hybridized carbons (Fsp3) is 0.529. The minimum absolute atomic E-state index is 0.0903. The summed E-state index contributed by atoms with van der Waals surface area (Å²) in [7, 11) is 1.57. The van der Waals surface area contributed by atoms with E-state index in [0.717, 1.165) is 16.8 Å². The summed E-state index contributed by atoms with van der Waals surface area (Å²) in [5.74, 6) is -0.429. The Morgan fingerprint density at radius 2 is 1.64 bits per heavy atom. The largest absolute Gasteiger partial charge is 0.459 e. The molecule has 1 aromatic carbocycles. The fourth-order valence-corrected chi connectivity index (χ4v) is 1.95. The molecule has 0 bridgehead atoms. The summed E-state index contributed by atoms with van der Waals surface area (Å²) in [5, 5.41) is 2.83. The summed E-state index contributed by atoms with van der Waals surface area (Å²) in [6.45, 7) is 11.3. The van der Waals surface area contributed by atoms with Crippen LogP contribution in [-0.2, 0) is 9.53 Å². The molecule has 0 heterocycles. The van der Waals surface area contributed by atoms with Gasteiger partial charge in [-0.25, -0.2) is 4.79 Å². The molecular formula is C17H26N2O3. The summed E-state index contributed by atoms with van der Waals surface area (Å²) in [5.41, 5.74) is 3.47. The number of nitrogens with zero attached hydrogens (tertiary/aromatic N) is 1. The van der Waals surface area contributed by atoms with Gasteiger partial charge < -0.3 is 15.0 Å². The number of hydrogen-bond acceptors (Lipinski definition) is 3. The lowest BCUT2D eigenvalue weighted by molar-refractivity contribution is -0.155. The number of amides is 2. The fourth-order valence-electron chi connectivity index (χ4n) is 1.95. The van der Waals surface area contributed by atoms with Crippen molar-refractivity contribution < 1.29 is 14.3 Å². The Morgan fingerprint density at radius 1 is 1.09 bits per heavy atom. The minimum Gasteiger partial charge on any atom is -0.459 e. The Labute approximate surface area is 132 Å². The molecule has 1 rings (SSSR count). The van der Waals surface area contributed by atoms with Crippen LogP contribution in [0.1, 0.15) is 37.5 Å². The van der Waals surface area contributed by atoms with Crippen molar-refractivity contribution in [1.82, 2.24) is 4.90 Å². The highest BCUT2D eigenvalue weighted by Crippen LogP contribution is 2.20. The third-order valence-corrected chi connectivity index (χ3v) is 3.22. The van der Waals surface area contributed by atoms with Gasteiger partial charge in [0.15, 0.2) is 0 Å². The molecule has 1 N–H and O–H groups in total. The van der Waals surface area contributed by atoms with E-state index in [4.69, 9.17) is 4.74 Å². The van der Waals surface area contributed by atoms with Gasteiger partial charge in [0.1, 0.15) is 12.1 Å². The van der Waals surface area contributed by atoms with Gasteiger partial charge in [0.2, 0.25) is 0 Å². The van der Waals surface area contributed by atoms with Crippen molar-refractivity contribution in [2.75, 3.05) is 18.9 Å². The van der Waals surface area contributed by atoms with Crippen molar-refractivity contribution in [3.8, 4) is 0 Å². The Hall–Kier alpha value is -2.04. The number of carbonyl (C=O) groups is 2.